The van der Waals surface area contributed by atoms with Crippen LogP contribution in [0.2, 0.25) is 0 Å². The van der Waals surface area contributed by atoms with Crippen LogP contribution >= 0.6 is 0 Å². The van der Waals surface area contributed by atoms with Crippen LogP contribution in [-0.2, 0) is 6.54 Å². The molecule has 2 aromatic carbocycles. The van der Waals surface area contributed by atoms with Gasteiger partial charge in [-0.3, -0.25) is 0 Å². The molecule has 1 aromatic heterocycles. The van der Waals surface area contributed by atoms with E-state index in [9.17, 15) is 0 Å². The summed E-state index contributed by atoms with van der Waals surface area (Å²) in [5, 5.41) is 6.61. The molecule has 0 radical (unpaired) electrons. The molecular weight excluding hydrogens is 326 g/mol. The van der Waals surface area contributed by atoms with Gasteiger partial charge in [-0.25, -0.2) is 9.97 Å². The molecule has 0 unspecified atom stereocenters. The summed E-state index contributed by atoms with van der Waals surface area (Å²) in [5.74, 6) is 2.36. The summed E-state index contributed by atoms with van der Waals surface area (Å²) >= 11 is 0. The van der Waals surface area contributed by atoms with E-state index < -0.39 is 0 Å². The van der Waals surface area contributed by atoms with E-state index >= 15 is 0 Å². The third-order valence-electron chi connectivity index (χ3n) is 3.96. The molecule has 0 saturated carbocycles. The Bertz CT molecular complexity index is 832. The predicted octanol–water partition coefficient (Wildman–Crippen LogP) is 3.91. The zero-order chi connectivity index (χ0) is 18.4. The first-order valence-electron chi connectivity index (χ1n) is 8.37. The monoisotopic (exact) mass is 349 g/mol. The second-order valence-electron chi connectivity index (χ2n) is 6.06. The molecule has 0 aliphatic heterocycles. The Morgan fingerprint density at radius 3 is 2.27 bits per heavy atom. The minimum atomic E-state index is 0.679. The number of aromatic nitrogens is 2. The first-order chi connectivity index (χ1) is 12.6. The molecule has 0 aliphatic rings. The quantitative estimate of drug-likeness (QED) is 0.674. The Morgan fingerprint density at radius 1 is 0.923 bits per heavy atom. The van der Waals surface area contributed by atoms with Crippen LogP contribution in [0.3, 0.4) is 0 Å². The van der Waals surface area contributed by atoms with Crippen LogP contribution in [0.5, 0.6) is 5.75 Å². The van der Waals surface area contributed by atoms with Gasteiger partial charge in [0.2, 0.25) is 0 Å². The standard InChI is InChI=1S/C20H23N5O/c1-25(2)17-8-6-16(7-9-17)24-20-12-19(22-14-23-20)21-13-15-4-10-18(26-3)11-5-15/h4-12,14H,13H2,1-3H3,(H2,21,22,23,24). The summed E-state index contributed by atoms with van der Waals surface area (Å²) in [7, 11) is 5.71. The molecule has 0 fully saturated rings. The highest BCUT2D eigenvalue weighted by Gasteiger charge is 2.02. The molecule has 3 aromatic rings. The lowest BCUT2D eigenvalue weighted by Crippen LogP contribution is -2.08. The van der Waals surface area contributed by atoms with Crippen molar-refractivity contribution >= 4 is 23.0 Å². The lowest BCUT2D eigenvalue weighted by atomic mass is 10.2. The minimum absolute atomic E-state index is 0.679. The number of anilines is 4. The van der Waals surface area contributed by atoms with Crippen molar-refractivity contribution in [2.45, 2.75) is 6.54 Å². The van der Waals surface area contributed by atoms with E-state index in [4.69, 9.17) is 4.74 Å². The number of benzene rings is 2. The predicted molar refractivity (Wildman–Crippen MR) is 106 cm³/mol. The molecule has 6 nitrogen and oxygen atoms in total. The Hall–Kier alpha value is -3.28. The maximum Gasteiger partial charge on any atom is 0.135 e. The van der Waals surface area contributed by atoms with Gasteiger partial charge in [-0.1, -0.05) is 12.1 Å². The van der Waals surface area contributed by atoms with Gasteiger partial charge in [0, 0.05) is 38.1 Å². The van der Waals surface area contributed by atoms with E-state index in [1.807, 2.05) is 56.6 Å². The second-order valence-corrected chi connectivity index (χ2v) is 6.06. The van der Waals surface area contributed by atoms with Crippen molar-refractivity contribution in [2.75, 3.05) is 36.7 Å². The van der Waals surface area contributed by atoms with Gasteiger partial charge in [0.25, 0.3) is 0 Å². The van der Waals surface area contributed by atoms with Gasteiger partial charge in [-0.15, -0.1) is 0 Å². The highest BCUT2D eigenvalue weighted by Crippen LogP contribution is 2.20. The highest BCUT2D eigenvalue weighted by atomic mass is 16.5. The van der Waals surface area contributed by atoms with Crippen LogP contribution < -0.4 is 20.3 Å². The van der Waals surface area contributed by atoms with Gasteiger partial charge < -0.3 is 20.3 Å². The van der Waals surface area contributed by atoms with Crippen molar-refractivity contribution < 1.29 is 4.74 Å². The fourth-order valence-corrected chi connectivity index (χ4v) is 2.45. The zero-order valence-electron chi connectivity index (χ0n) is 15.2. The molecular formula is C20H23N5O. The van der Waals surface area contributed by atoms with Crippen LogP contribution in [-0.4, -0.2) is 31.2 Å². The van der Waals surface area contributed by atoms with E-state index in [0.29, 0.717) is 6.54 Å². The maximum absolute atomic E-state index is 5.17. The number of rotatable bonds is 7. The van der Waals surface area contributed by atoms with Gasteiger partial charge in [0.05, 0.1) is 7.11 Å². The molecule has 2 N–H and O–H groups in total. The molecule has 26 heavy (non-hydrogen) atoms. The van der Waals surface area contributed by atoms with Crippen LogP contribution in [0.15, 0.2) is 60.9 Å². The molecule has 6 heteroatoms. The van der Waals surface area contributed by atoms with Crippen molar-refractivity contribution in [3.63, 3.8) is 0 Å². The molecule has 1 heterocycles. The van der Waals surface area contributed by atoms with E-state index in [2.05, 4.69) is 37.6 Å². The Balaban J connectivity index is 1.62. The summed E-state index contributed by atoms with van der Waals surface area (Å²) in [6.45, 7) is 0.679. The zero-order valence-corrected chi connectivity index (χ0v) is 15.2. The summed E-state index contributed by atoms with van der Waals surface area (Å²) in [5.41, 5.74) is 3.29. The van der Waals surface area contributed by atoms with Gasteiger partial charge in [0.15, 0.2) is 0 Å². The first-order valence-corrected chi connectivity index (χ1v) is 8.37. The number of hydrogen-bond acceptors (Lipinski definition) is 6. The van der Waals surface area contributed by atoms with Crippen molar-refractivity contribution in [1.82, 2.24) is 9.97 Å². The fourth-order valence-electron chi connectivity index (χ4n) is 2.45. The number of methoxy groups -OCH3 is 1. The third kappa shape index (κ3) is 4.63. The molecule has 0 aliphatic carbocycles. The second kappa shape index (κ2) is 8.20. The molecule has 134 valence electrons. The number of ether oxygens (including phenoxy) is 1. The number of hydrogen-bond donors (Lipinski definition) is 2. The van der Waals surface area contributed by atoms with Crippen LogP contribution in [0, 0.1) is 0 Å². The molecule has 0 saturated heterocycles. The van der Waals surface area contributed by atoms with Crippen LogP contribution in [0.1, 0.15) is 5.56 Å². The van der Waals surface area contributed by atoms with E-state index in [-0.39, 0.29) is 0 Å². The summed E-state index contributed by atoms with van der Waals surface area (Å²) in [4.78, 5) is 10.6. The first kappa shape index (κ1) is 17.5. The highest BCUT2D eigenvalue weighted by molar-refractivity contribution is 5.62. The average molecular weight is 349 g/mol. The van der Waals surface area contributed by atoms with Gasteiger partial charge in [-0.05, 0) is 42.0 Å². The van der Waals surface area contributed by atoms with Gasteiger partial charge >= 0.3 is 0 Å². The average Bonchev–Trinajstić information content (AvgIpc) is 2.67. The number of nitrogens with one attached hydrogen (secondary N) is 2. The lowest BCUT2D eigenvalue weighted by molar-refractivity contribution is 0.414. The lowest BCUT2D eigenvalue weighted by Gasteiger charge is -2.13. The Labute approximate surface area is 153 Å². The molecule has 3 rings (SSSR count). The Kier molecular flexibility index (Phi) is 5.53. The molecule has 0 atom stereocenters. The van der Waals surface area contributed by atoms with E-state index in [1.165, 1.54) is 0 Å². The topological polar surface area (TPSA) is 62.3 Å². The summed E-state index contributed by atoms with van der Waals surface area (Å²) < 4.78 is 5.17. The van der Waals surface area contributed by atoms with Gasteiger partial charge in [0.1, 0.15) is 23.7 Å². The summed E-state index contributed by atoms with van der Waals surface area (Å²) in [6, 6.07) is 18.0. The smallest absolute Gasteiger partial charge is 0.135 e. The van der Waals surface area contributed by atoms with Crippen molar-refractivity contribution in [3.05, 3.63) is 66.5 Å². The normalized spacial score (nSPS) is 10.3. The number of nitrogens with zero attached hydrogens (tertiary/aromatic N) is 3. The fraction of sp³-hybridized carbons (Fsp3) is 0.200. The third-order valence-corrected chi connectivity index (χ3v) is 3.96. The van der Waals surface area contributed by atoms with Crippen LogP contribution in [0.4, 0.5) is 23.0 Å². The SMILES string of the molecule is COc1ccc(CNc2cc(Nc3ccc(N(C)C)cc3)ncn2)cc1. The molecule has 0 bridgehead atoms. The molecule has 0 amide bonds. The Morgan fingerprint density at radius 2 is 1.62 bits per heavy atom. The van der Waals surface area contributed by atoms with E-state index in [0.717, 1.165) is 34.3 Å². The maximum atomic E-state index is 5.17. The van der Waals surface area contributed by atoms with Crippen molar-refractivity contribution in [3.8, 4) is 5.75 Å². The minimum Gasteiger partial charge on any atom is -0.497 e. The largest absolute Gasteiger partial charge is 0.497 e. The van der Waals surface area contributed by atoms with E-state index in [1.54, 1.807) is 13.4 Å². The molecule has 0 spiro atoms. The van der Waals surface area contributed by atoms with Crippen LogP contribution in [0.25, 0.3) is 0 Å². The van der Waals surface area contributed by atoms with Crippen molar-refractivity contribution in [2.24, 2.45) is 0 Å². The summed E-state index contributed by atoms with van der Waals surface area (Å²) in [6.07, 6.45) is 1.55. The van der Waals surface area contributed by atoms with Gasteiger partial charge in [-0.2, -0.15) is 0 Å². The van der Waals surface area contributed by atoms with Crippen molar-refractivity contribution in [1.29, 1.82) is 0 Å².